The molecular weight excluding hydrogens is 174 g/mol. The number of nitrogens with one attached hydrogen (secondary N) is 1. The molecular formula is C12H17NO. The lowest BCUT2D eigenvalue weighted by molar-refractivity contribution is -0.120. The molecule has 0 aliphatic heterocycles. The van der Waals surface area contributed by atoms with E-state index in [2.05, 4.69) is 5.32 Å². The lowest BCUT2D eigenvalue weighted by Crippen LogP contribution is -2.55. The Kier molecular flexibility index (Phi) is 1.86. The molecule has 0 unspecified atom stereocenters. The van der Waals surface area contributed by atoms with Crippen LogP contribution in [0.1, 0.15) is 32.1 Å². The molecule has 4 bridgehead atoms. The van der Waals surface area contributed by atoms with Crippen LogP contribution in [0.15, 0.2) is 0 Å². The van der Waals surface area contributed by atoms with Crippen molar-refractivity contribution in [2.75, 3.05) is 0 Å². The van der Waals surface area contributed by atoms with E-state index in [0.717, 1.165) is 23.7 Å². The number of carbonyl (C=O) groups excluding carboxylic acids is 1. The van der Waals surface area contributed by atoms with Gasteiger partial charge in [0.15, 0.2) is 0 Å². The Morgan fingerprint density at radius 1 is 1.00 bits per heavy atom. The van der Waals surface area contributed by atoms with Crippen LogP contribution in [-0.4, -0.2) is 11.9 Å². The van der Waals surface area contributed by atoms with Crippen LogP contribution in [0, 0.1) is 30.6 Å². The van der Waals surface area contributed by atoms with E-state index in [-0.39, 0.29) is 5.91 Å². The van der Waals surface area contributed by atoms with Gasteiger partial charge in [-0.1, -0.05) is 0 Å². The first-order chi connectivity index (χ1) is 6.72. The molecule has 0 aromatic rings. The van der Waals surface area contributed by atoms with Crippen molar-refractivity contribution in [2.45, 2.75) is 38.1 Å². The molecule has 2 nitrogen and oxygen atoms in total. The first kappa shape index (κ1) is 8.75. The smallest absolute Gasteiger partial charge is 0.225 e. The number of rotatable bonds is 1. The van der Waals surface area contributed by atoms with Gasteiger partial charge < -0.3 is 5.32 Å². The predicted octanol–water partition coefficient (Wildman–Crippen LogP) is 1.64. The van der Waals surface area contributed by atoms with Gasteiger partial charge in [0.25, 0.3) is 0 Å². The Hall–Kier alpha value is -0.530. The minimum Gasteiger partial charge on any atom is -0.353 e. The lowest BCUT2D eigenvalue weighted by atomic mass is 9.54. The van der Waals surface area contributed by atoms with Crippen molar-refractivity contribution in [3.8, 4) is 0 Å². The molecule has 4 aliphatic rings. The maximum atomic E-state index is 10.9. The highest BCUT2D eigenvalue weighted by Gasteiger charge is 2.48. The van der Waals surface area contributed by atoms with E-state index >= 15 is 0 Å². The van der Waals surface area contributed by atoms with Gasteiger partial charge in [0, 0.05) is 6.04 Å². The zero-order valence-corrected chi connectivity index (χ0v) is 8.41. The van der Waals surface area contributed by atoms with Gasteiger partial charge in [-0.2, -0.15) is 0 Å². The summed E-state index contributed by atoms with van der Waals surface area (Å²) in [5.41, 5.74) is 0. The van der Waals surface area contributed by atoms with E-state index in [1.165, 1.54) is 32.1 Å². The second-order valence-corrected chi connectivity index (χ2v) is 5.47. The molecule has 0 spiro atoms. The fourth-order valence-electron chi connectivity index (χ4n) is 4.33. The summed E-state index contributed by atoms with van der Waals surface area (Å²) in [5.74, 6) is 3.06. The fourth-order valence-corrected chi connectivity index (χ4v) is 4.33. The second-order valence-electron chi connectivity index (χ2n) is 5.47. The third kappa shape index (κ3) is 1.27. The average Bonchev–Trinajstić information content (AvgIpc) is 2.09. The summed E-state index contributed by atoms with van der Waals surface area (Å²) in [6.45, 7) is 5.22. The molecule has 2 heteroatoms. The first-order valence-corrected chi connectivity index (χ1v) is 5.78. The summed E-state index contributed by atoms with van der Waals surface area (Å²) in [7, 11) is 0. The molecule has 0 aromatic heterocycles. The van der Waals surface area contributed by atoms with Crippen LogP contribution in [-0.2, 0) is 4.79 Å². The van der Waals surface area contributed by atoms with Gasteiger partial charge in [-0.25, -0.2) is 0 Å². The van der Waals surface area contributed by atoms with E-state index < -0.39 is 0 Å². The molecule has 4 rings (SSSR count). The van der Waals surface area contributed by atoms with Gasteiger partial charge in [-0.3, -0.25) is 4.79 Å². The highest BCUT2D eigenvalue weighted by Crippen LogP contribution is 2.53. The van der Waals surface area contributed by atoms with Crippen molar-refractivity contribution >= 4 is 5.91 Å². The van der Waals surface area contributed by atoms with Gasteiger partial charge in [-0.15, -0.1) is 0 Å². The Labute approximate surface area is 85.4 Å². The van der Waals surface area contributed by atoms with Crippen LogP contribution in [0.2, 0.25) is 0 Å². The molecule has 1 amide bonds. The summed E-state index contributed by atoms with van der Waals surface area (Å²) in [6, 6.07) is 0.403. The molecule has 0 saturated heterocycles. The Morgan fingerprint density at radius 3 is 1.93 bits per heavy atom. The van der Waals surface area contributed by atoms with Gasteiger partial charge >= 0.3 is 0 Å². The SMILES string of the molecule is [CH]C(=O)NC1C2CC3CC(C2)CC1C3. The zero-order valence-electron chi connectivity index (χ0n) is 8.41. The van der Waals surface area contributed by atoms with Crippen LogP contribution in [0.25, 0.3) is 0 Å². The van der Waals surface area contributed by atoms with Crippen molar-refractivity contribution < 1.29 is 4.79 Å². The van der Waals surface area contributed by atoms with E-state index in [0.29, 0.717) is 6.04 Å². The largest absolute Gasteiger partial charge is 0.353 e. The van der Waals surface area contributed by atoms with E-state index in [9.17, 15) is 4.79 Å². The minimum absolute atomic E-state index is 0.331. The van der Waals surface area contributed by atoms with Crippen LogP contribution >= 0.6 is 0 Å². The summed E-state index contributed by atoms with van der Waals surface area (Å²) in [4.78, 5) is 10.9. The van der Waals surface area contributed by atoms with Crippen LogP contribution in [0.3, 0.4) is 0 Å². The average molecular weight is 191 g/mol. The second kappa shape index (κ2) is 2.98. The third-order valence-electron chi connectivity index (χ3n) is 4.54. The topological polar surface area (TPSA) is 29.1 Å². The maximum absolute atomic E-state index is 10.9. The number of hydrogen-bond donors (Lipinski definition) is 1. The first-order valence-electron chi connectivity index (χ1n) is 5.78. The Balaban J connectivity index is 1.77. The third-order valence-corrected chi connectivity index (χ3v) is 4.54. The lowest BCUT2D eigenvalue weighted by Gasteiger charge is -2.54. The highest BCUT2D eigenvalue weighted by atomic mass is 16.1. The summed E-state index contributed by atoms with van der Waals surface area (Å²) in [6.07, 6.45) is 6.78. The number of carbonyl (C=O) groups is 1. The fraction of sp³-hybridized carbons (Fsp3) is 0.833. The van der Waals surface area contributed by atoms with E-state index in [4.69, 9.17) is 6.92 Å². The van der Waals surface area contributed by atoms with Gasteiger partial charge in [-0.05, 0) is 55.8 Å². The van der Waals surface area contributed by atoms with Crippen molar-refractivity contribution in [3.63, 3.8) is 0 Å². The molecule has 76 valence electrons. The number of amides is 1. The molecule has 4 saturated carbocycles. The van der Waals surface area contributed by atoms with Crippen molar-refractivity contribution in [1.82, 2.24) is 5.32 Å². The molecule has 1 N–H and O–H groups in total. The highest BCUT2D eigenvalue weighted by molar-refractivity contribution is 5.80. The standard InChI is InChI=1S/C12H17NO/c1-7(14)13-12-10-3-8-2-9(5-10)6-11(12)4-8/h1,8-12H,2-6H2,(H,13,14). The zero-order chi connectivity index (χ0) is 9.71. The quantitative estimate of drug-likeness (QED) is 0.670. The van der Waals surface area contributed by atoms with Gasteiger partial charge in [0.2, 0.25) is 5.91 Å². The summed E-state index contributed by atoms with van der Waals surface area (Å²) in [5, 5.41) is 2.96. The normalized spacial score (nSPS) is 49.4. The van der Waals surface area contributed by atoms with E-state index in [1.54, 1.807) is 0 Å². The molecule has 2 radical (unpaired) electrons. The molecule has 14 heavy (non-hydrogen) atoms. The molecule has 4 fully saturated rings. The Bertz CT molecular complexity index is 233. The van der Waals surface area contributed by atoms with E-state index in [1.807, 2.05) is 0 Å². The maximum Gasteiger partial charge on any atom is 0.225 e. The van der Waals surface area contributed by atoms with Crippen LogP contribution in [0.4, 0.5) is 0 Å². The van der Waals surface area contributed by atoms with Crippen LogP contribution < -0.4 is 5.32 Å². The van der Waals surface area contributed by atoms with Crippen molar-refractivity contribution in [3.05, 3.63) is 6.92 Å². The molecule has 0 heterocycles. The predicted molar refractivity (Wildman–Crippen MR) is 53.3 cm³/mol. The number of hydrogen-bond acceptors (Lipinski definition) is 1. The summed E-state index contributed by atoms with van der Waals surface area (Å²) < 4.78 is 0. The molecule has 0 aromatic carbocycles. The van der Waals surface area contributed by atoms with Crippen molar-refractivity contribution in [1.29, 1.82) is 0 Å². The van der Waals surface area contributed by atoms with Crippen LogP contribution in [0.5, 0.6) is 0 Å². The molecule has 4 aliphatic carbocycles. The van der Waals surface area contributed by atoms with Gasteiger partial charge in [0.05, 0.1) is 6.92 Å². The minimum atomic E-state index is -0.331. The van der Waals surface area contributed by atoms with Crippen molar-refractivity contribution in [2.24, 2.45) is 23.7 Å². The van der Waals surface area contributed by atoms with Gasteiger partial charge in [0.1, 0.15) is 0 Å². The summed E-state index contributed by atoms with van der Waals surface area (Å²) >= 11 is 0. The Morgan fingerprint density at radius 2 is 1.50 bits per heavy atom. The monoisotopic (exact) mass is 191 g/mol. The molecule has 0 atom stereocenters.